The van der Waals surface area contributed by atoms with E-state index in [1.807, 2.05) is 20.8 Å². The fraction of sp³-hybridized carbons (Fsp3) is 0.600. The molecule has 0 aliphatic rings. The summed E-state index contributed by atoms with van der Waals surface area (Å²) in [6, 6.07) is 0.202. The highest BCUT2D eigenvalue weighted by Gasteiger charge is 2.34. The Hall–Kier alpha value is -1.17. The number of hydrogen-bond donors (Lipinski definition) is 1. The summed E-state index contributed by atoms with van der Waals surface area (Å²) in [4.78, 5) is 7.23. The summed E-state index contributed by atoms with van der Waals surface area (Å²) in [6.45, 7) is 5.46. The molecule has 3 nitrogen and oxygen atoms in total. The molecule has 0 aliphatic heterocycles. The summed E-state index contributed by atoms with van der Waals surface area (Å²) in [5, 5.41) is 0. The van der Waals surface area contributed by atoms with E-state index >= 15 is 0 Å². The Morgan fingerprint density at radius 1 is 1.25 bits per heavy atom. The smallest absolute Gasteiger partial charge is 0.321 e. The topological polar surface area (TPSA) is 51.8 Å². The Kier molecular flexibility index (Phi) is 3.23. The summed E-state index contributed by atoms with van der Waals surface area (Å²) in [5.74, 6) is 0.0160. The molecule has 0 aromatic carbocycles. The Morgan fingerprint density at radius 3 is 2.25 bits per heavy atom. The maximum atomic E-state index is 12.4. The third kappa shape index (κ3) is 2.91. The van der Waals surface area contributed by atoms with Crippen molar-refractivity contribution in [1.82, 2.24) is 9.97 Å². The molecule has 0 radical (unpaired) electrons. The highest BCUT2D eigenvalue weighted by atomic mass is 19.4. The van der Waals surface area contributed by atoms with Crippen LogP contribution in [0.25, 0.3) is 0 Å². The molecule has 1 aromatic rings. The van der Waals surface area contributed by atoms with Crippen molar-refractivity contribution in [1.29, 1.82) is 0 Å². The van der Waals surface area contributed by atoms with Crippen LogP contribution in [0.1, 0.15) is 38.3 Å². The number of nitrogens with zero attached hydrogens (tertiary/aromatic N) is 2. The second kappa shape index (κ2) is 4.01. The molecule has 1 aromatic heterocycles. The van der Waals surface area contributed by atoms with E-state index in [0.29, 0.717) is 0 Å². The second-order valence-corrected chi connectivity index (χ2v) is 4.64. The van der Waals surface area contributed by atoms with Gasteiger partial charge >= 0.3 is 6.18 Å². The number of aromatic nitrogens is 2. The molecule has 0 fully saturated rings. The SMILES string of the molecule is CC(C)(C)C(N)c1nccc(C(F)(F)F)n1. The molecule has 0 aliphatic carbocycles. The van der Waals surface area contributed by atoms with E-state index in [1.165, 1.54) is 0 Å². The molecule has 0 amide bonds. The van der Waals surface area contributed by atoms with E-state index in [1.54, 1.807) is 0 Å². The number of halogens is 3. The molecule has 1 unspecified atom stereocenters. The molecule has 0 spiro atoms. The van der Waals surface area contributed by atoms with Gasteiger partial charge in [-0.05, 0) is 11.5 Å². The molecule has 0 saturated carbocycles. The number of hydrogen-bond acceptors (Lipinski definition) is 3. The van der Waals surface area contributed by atoms with E-state index in [4.69, 9.17) is 5.73 Å². The summed E-state index contributed by atoms with van der Waals surface area (Å²) in [7, 11) is 0. The minimum absolute atomic E-state index is 0.0160. The Bertz CT molecular complexity index is 368. The van der Waals surface area contributed by atoms with E-state index < -0.39 is 17.9 Å². The van der Waals surface area contributed by atoms with Crippen molar-refractivity contribution in [2.75, 3.05) is 0 Å². The highest BCUT2D eigenvalue weighted by Crippen LogP contribution is 2.31. The molecule has 1 atom stereocenters. The van der Waals surface area contributed by atoms with Crippen LogP contribution in [0.5, 0.6) is 0 Å². The van der Waals surface area contributed by atoms with Gasteiger partial charge in [0.2, 0.25) is 0 Å². The lowest BCUT2D eigenvalue weighted by Gasteiger charge is -2.25. The lowest BCUT2D eigenvalue weighted by molar-refractivity contribution is -0.141. The molecule has 1 rings (SSSR count). The molecular formula is C10H14F3N3. The zero-order valence-electron chi connectivity index (χ0n) is 9.34. The van der Waals surface area contributed by atoms with Crippen molar-refractivity contribution in [3.8, 4) is 0 Å². The van der Waals surface area contributed by atoms with Crippen molar-refractivity contribution in [2.24, 2.45) is 11.1 Å². The monoisotopic (exact) mass is 233 g/mol. The number of nitrogens with two attached hydrogens (primary N) is 1. The largest absolute Gasteiger partial charge is 0.433 e. The van der Waals surface area contributed by atoms with Gasteiger partial charge in [0, 0.05) is 6.20 Å². The van der Waals surface area contributed by atoms with Gasteiger partial charge in [0.05, 0.1) is 6.04 Å². The quantitative estimate of drug-likeness (QED) is 0.810. The highest BCUT2D eigenvalue weighted by molar-refractivity contribution is 5.09. The van der Waals surface area contributed by atoms with E-state index in [9.17, 15) is 13.2 Å². The summed E-state index contributed by atoms with van der Waals surface area (Å²) >= 11 is 0. The normalized spacial score (nSPS) is 14.9. The molecule has 0 bridgehead atoms. The van der Waals surface area contributed by atoms with Gasteiger partial charge in [0.15, 0.2) is 0 Å². The van der Waals surface area contributed by atoms with Gasteiger partial charge in [-0.1, -0.05) is 20.8 Å². The third-order valence-corrected chi connectivity index (χ3v) is 2.18. The van der Waals surface area contributed by atoms with Crippen LogP contribution in [0, 0.1) is 5.41 Å². The van der Waals surface area contributed by atoms with Crippen LogP contribution in [0.3, 0.4) is 0 Å². The van der Waals surface area contributed by atoms with Gasteiger partial charge in [0.25, 0.3) is 0 Å². The molecular weight excluding hydrogens is 219 g/mol. The molecule has 0 saturated heterocycles. The van der Waals surface area contributed by atoms with Crippen LogP contribution < -0.4 is 5.73 Å². The van der Waals surface area contributed by atoms with Gasteiger partial charge in [-0.3, -0.25) is 0 Å². The zero-order valence-corrected chi connectivity index (χ0v) is 9.34. The van der Waals surface area contributed by atoms with Gasteiger partial charge in [-0.15, -0.1) is 0 Å². The third-order valence-electron chi connectivity index (χ3n) is 2.18. The lowest BCUT2D eigenvalue weighted by Crippen LogP contribution is -2.29. The van der Waals surface area contributed by atoms with E-state index in [2.05, 4.69) is 9.97 Å². The standard InChI is InChI=1S/C10H14F3N3/c1-9(2,3)7(14)8-15-5-4-6(16-8)10(11,12)13/h4-5,7H,14H2,1-3H3. The summed E-state index contributed by atoms with van der Waals surface area (Å²) in [5.41, 5.74) is 4.45. The minimum atomic E-state index is -4.46. The maximum Gasteiger partial charge on any atom is 0.433 e. The van der Waals surface area contributed by atoms with E-state index in [0.717, 1.165) is 12.3 Å². The van der Waals surface area contributed by atoms with Crippen LogP contribution in [0.2, 0.25) is 0 Å². The van der Waals surface area contributed by atoms with Gasteiger partial charge in [-0.25, -0.2) is 9.97 Å². The zero-order chi connectivity index (χ0) is 12.6. The predicted molar refractivity (Wildman–Crippen MR) is 53.4 cm³/mol. The van der Waals surface area contributed by atoms with Crippen LogP contribution in [-0.2, 0) is 6.18 Å². The average molecular weight is 233 g/mol. The van der Waals surface area contributed by atoms with Gasteiger partial charge < -0.3 is 5.73 Å². The van der Waals surface area contributed by atoms with Crippen LogP contribution in [0.4, 0.5) is 13.2 Å². The van der Waals surface area contributed by atoms with Crippen molar-refractivity contribution >= 4 is 0 Å². The Morgan fingerprint density at radius 2 is 1.81 bits per heavy atom. The minimum Gasteiger partial charge on any atom is -0.321 e. The Labute approximate surface area is 91.9 Å². The summed E-state index contributed by atoms with van der Waals surface area (Å²) < 4.78 is 37.2. The van der Waals surface area contributed by atoms with Crippen LogP contribution in [-0.4, -0.2) is 9.97 Å². The molecule has 90 valence electrons. The average Bonchev–Trinajstić information content (AvgIpc) is 2.14. The number of rotatable bonds is 1. The van der Waals surface area contributed by atoms with Crippen LogP contribution in [0.15, 0.2) is 12.3 Å². The first-order chi connectivity index (χ1) is 7.12. The fourth-order valence-corrected chi connectivity index (χ4v) is 1.07. The first-order valence-electron chi connectivity index (χ1n) is 4.78. The van der Waals surface area contributed by atoms with Crippen molar-refractivity contribution in [3.63, 3.8) is 0 Å². The Balaban J connectivity index is 3.09. The first kappa shape index (κ1) is 12.9. The second-order valence-electron chi connectivity index (χ2n) is 4.64. The van der Waals surface area contributed by atoms with Gasteiger partial charge in [-0.2, -0.15) is 13.2 Å². The van der Waals surface area contributed by atoms with E-state index in [-0.39, 0.29) is 11.2 Å². The lowest BCUT2D eigenvalue weighted by atomic mass is 9.87. The van der Waals surface area contributed by atoms with Crippen molar-refractivity contribution < 1.29 is 13.2 Å². The maximum absolute atomic E-state index is 12.4. The van der Waals surface area contributed by atoms with Crippen molar-refractivity contribution in [2.45, 2.75) is 33.0 Å². The van der Waals surface area contributed by atoms with Crippen LogP contribution >= 0.6 is 0 Å². The summed E-state index contributed by atoms with van der Waals surface area (Å²) in [6.07, 6.45) is -3.38. The molecule has 2 N–H and O–H groups in total. The molecule has 6 heteroatoms. The molecule has 16 heavy (non-hydrogen) atoms. The fourth-order valence-electron chi connectivity index (χ4n) is 1.07. The number of alkyl halides is 3. The van der Waals surface area contributed by atoms with Crippen molar-refractivity contribution in [3.05, 3.63) is 23.8 Å². The first-order valence-corrected chi connectivity index (χ1v) is 4.78. The molecule has 1 heterocycles. The van der Waals surface area contributed by atoms with Gasteiger partial charge in [0.1, 0.15) is 11.5 Å². The predicted octanol–water partition coefficient (Wildman–Crippen LogP) is 2.54.